The van der Waals surface area contributed by atoms with Gasteiger partial charge in [-0.1, -0.05) is 30.7 Å². The van der Waals surface area contributed by atoms with Crippen molar-refractivity contribution in [1.82, 2.24) is 0 Å². The first-order valence-corrected chi connectivity index (χ1v) is 10.3. The molecular weight excluding hydrogens is 378 g/mol. The molecule has 0 atom stereocenters. The van der Waals surface area contributed by atoms with Crippen molar-refractivity contribution < 1.29 is 19.1 Å². The second-order valence-corrected chi connectivity index (χ2v) is 7.92. The Bertz CT molecular complexity index is 789. The monoisotopic (exact) mass is 403 g/mol. The van der Waals surface area contributed by atoms with Crippen molar-refractivity contribution in [2.24, 2.45) is 10.9 Å². The first-order chi connectivity index (χ1) is 13.5. The van der Waals surface area contributed by atoms with Gasteiger partial charge in [-0.25, -0.2) is 9.79 Å². The number of carbonyl (C=O) groups is 2. The minimum Gasteiger partial charge on any atom is -0.466 e. The maximum atomic E-state index is 12.6. The van der Waals surface area contributed by atoms with E-state index in [2.05, 4.69) is 6.92 Å². The molecule has 1 saturated carbocycles. The van der Waals surface area contributed by atoms with E-state index in [1.807, 2.05) is 12.1 Å². The zero-order chi connectivity index (χ0) is 20.1. The molecule has 0 radical (unpaired) electrons. The van der Waals surface area contributed by atoms with Crippen molar-refractivity contribution in [3.63, 3.8) is 0 Å². The molecule has 5 nitrogen and oxygen atoms in total. The number of carbonyl (C=O) groups excluding carboxylic acids is 2. The zero-order valence-corrected chi connectivity index (χ0v) is 17.1. The van der Waals surface area contributed by atoms with E-state index in [0.717, 1.165) is 31.2 Å². The lowest BCUT2D eigenvalue weighted by molar-refractivity contribution is -0.142. The third-order valence-electron chi connectivity index (χ3n) is 5.26. The van der Waals surface area contributed by atoms with Crippen molar-refractivity contribution in [1.29, 1.82) is 0 Å². The maximum absolute atomic E-state index is 12.6. The lowest BCUT2D eigenvalue weighted by atomic mass is 9.87. The van der Waals surface area contributed by atoms with Crippen LogP contribution in [-0.2, 0) is 25.5 Å². The Kier molecular flexibility index (Phi) is 6.89. The van der Waals surface area contributed by atoms with Crippen molar-refractivity contribution in [2.45, 2.75) is 58.4 Å². The first-order valence-electron chi connectivity index (χ1n) is 9.88. The summed E-state index contributed by atoms with van der Waals surface area (Å²) in [6, 6.07) is 7.41. The van der Waals surface area contributed by atoms with Crippen LogP contribution in [0.3, 0.4) is 0 Å². The number of ether oxygens (including phenoxy) is 2. The van der Waals surface area contributed by atoms with Gasteiger partial charge in [0.15, 0.2) is 0 Å². The molecular formula is C22H26ClNO4. The van der Waals surface area contributed by atoms with Crippen LogP contribution in [0.2, 0.25) is 5.02 Å². The van der Waals surface area contributed by atoms with Crippen LogP contribution in [0, 0.1) is 5.92 Å². The lowest BCUT2D eigenvalue weighted by Crippen LogP contribution is -2.19. The zero-order valence-electron chi connectivity index (χ0n) is 16.4. The number of cyclic esters (lactones) is 1. The molecule has 1 aromatic rings. The van der Waals surface area contributed by atoms with Crippen molar-refractivity contribution >= 4 is 29.4 Å². The highest BCUT2D eigenvalue weighted by atomic mass is 35.5. The van der Waals surface area contributed by atoms with Gasteiger partial charge in [-0.05, 0) is 56.2 Å². The van der Waals surface area contributed by atoms with Crippen molar-refractivity contribution in [2.75, 3.05) is 6.61 Å². The molecule has 0 amide bonds. The van der Waals surface area contributed by atoms with Crippen LogP contribution >= 0.6 is 11.6 Å². The van der Waals surface area contributed by atoms with Gasteiger partial charge in [0.25, 0.3) is 0 Å². The SMILES string of the molecule is CCOC(=O)CC1=C(Cc2ccc(Cl)cc2)C(=O)OC1=NC1CCC(C)CC1. The third kappa shape index (κ3) is 5.22. The average Bonchev–Trinajstić information content (AvgIpc) is 2.94. The summed E-state index contributed by atoms with van der Waals surface area (Å²) in [7, 11) is 0. The minimum atomic E-state index is -0.433. The Labute approximate surface area is 170 Å². The number of rotatable bonds is 6. The minimum absolute atomic E-state index is 0.00947. The van der Waals surface area contributed by atoms with E-state index in [4.69, 9.17) is 26.1 Å². The molecule has 150 valence electrons. The summed E-state index contributed by atoms with van der Waals surface area (Å²) in [6.07, 6.45) is 4.53. The van der Waals surface area contributed by atoms with E-state index in [1.54, 1.807) is 19.1 Å². The molecule has 6 heteroatoms. The maximum Gasteiger partial charge on any atom is 0.341 e. The summed E-state index contributed by atoms with van der Waals surface area (Å²) in [5.74, 6) is 0.186. The number of hydrogen-bond donors (Lipinski definition) is 0. The molecule has 0 spiro atoms. The van der Waals surface area contributed by atoms with Crippen LogP contribution in [0.5, 0.6) is 0 Å². The fraction of sp³-hybridized carbons (Fsp3) is 0.500. The number of hydrogen-bond acceptors (Lipinski definition) is 5. The van der Waals surface area contributed by atoms with Gasteiger partial charge in [0.1, 0.15) is 0 Å². The summed E-state index contributed by atoms with van der Waals surface area (Å²) in [4.78, 5) is 29.4. The second-order valence-electron chi connectivity index (χ2n) is 7.48. The Balaban J connectivity index is 1.88. The fourth-order valence-corrected chi connectivity index (χ4v) is 3.75. The molecule has 0 unspecified atom stereocenters. The molecule has 0 aromatic heterocycles. The Morgan fingerprint density at radius 2 is 1.86 bits per heavy atom. The largest absolute Gasteiger partial charge is 0.466 e. The van der Waals surface area contributed by atoms with Gasteiger partial charge in [0.05, 0.1) is 24.6 Å². The van der Waals surface area contributed by atoms with Crippen LogP contribution in [0.4, 0.5) is 0 Å². The topological polar surface area (TPSA) is 65.0 Å². The summed E-state index contributed by atoms with van der Waals surface area (Å²) < 4.78 is 10.6. The van der Waals surface area contributed by atoms with Crippen LogP contribution in [-0.4, -0.2) is 30.5 Å². The second kappa shape index (κ2) is 9.37. The first kappa shape index (κ1) is 20.6. The number of esters is 2. The van der Waals surface area contributed by atoms with E-state index in [1.165, 1.54) is 0 Å². The van der Waals surface area contributed by atoms with E-state index >= 15 is 0 Å². The van der Waals surface area contributed by atoms with Gasteiger partial charge in [-0.15, -0.1) is 0 Å². The summed E-state index contributed by atoms with van der Waals surface area (Å²) in [6.45, 7) is 4.30. The third-order valence-corrected chi connectivity index (χ3v) is 5.52. The highest BCUT2D eigenvalue weighted by molar-refractivity contribution is 6.30. The van der Waals surface area contributed by atoms with E-state index < -0.39 is 5.97 Å². The highest BCUT2D eigenvalue weighted by Gasteiger charge is 2.33. The van der Waals surface area contributed by atoms with Gasteiger partial charge in [-0.3, -0.25) is 4.79 Å². The van der Waals surface area contributed by atoms with Crippen LogP contribution in [0.25, 0.3) is 0 Å². The number of benzene rings is 1. The predicted octanol–water partition coefficient (Wildman–Crippen LogP) is 4.67. The molecule has 1 heterocycles. The fourth-order valence-electron chi connectivity index (χ4n) is 3.63. The van der Waals surface area contributed by atoms with Gasteiger partial charge in [0, 0.05) is 17.0 Å². The molecule has 1 aliphatic carbocycles. The van der Waals surface area contributed by atoms with Crippen molar-refractivity contribution in [3.05, 3.63) is 46.0 Å². The van der Waals surface area contributed by atoms with Gasteiger partial charge < -0.3 is 9.47 Å². The number of aliphatic imine (C=N–C) groups is 1. The summed E-state index contributed by atoms with van der Waals surface area (Å²) >= 11 is 5.95. The average molecular weight is 404 g/mol. The molecule has 0 saturated heterocycles. The Morgan fingerprint density at radius 1 is 1.18 bits per heavy atom. The molecule has 0 N–H and O–H groups in total. The molecule has 1 aromatic carbocycles. The standard InChI is InChI=1S/C22H26ClNO4/c1-3-27-20(25)13-18-19(12-15-6-8-16(23)9-7-15)22(26)28-21(18)24-17-10-4-14(2)5-11-17/h6-9,14,17H,3-5,10-13H2,1-2H3. The van der Waals surface area contributed by atoms with Crippen molar-refractivity contribution in [3.8, 4) is 0 Å². The van der Waals surface area contributed by atoms with E-state index in [9.17, 15) is 9.59 Å². The van der Waals surface area contributed by atoms with Crippen LogP contribution in [0.1, 0.15) is 51.5 Å². The van der Waals surface area contributed by atoms with E-state index in [-0.39, 0.29) is 18.4 Å². The smallest absolute Gasteiger partial charge is 0.341 e. The molecule has 1 aliphatic heterocycles. The van der Waals surface area contributed by atoms with Crippen LogP contribution in [0.15, 0.2) is 40.4 Å². The number of halogens is 1. The molecule has 0 bridgehead atoms. The Hall–Kier alpha value is -2.14. The van der Waals surface area contributed by atoms with Gasteiger partial charge in [0.2, 0.25) is 5.90 Å². The number of nitrogens with zero attached hydrogens (tertiary/aromatic N) is 1. The highest BCUT2D eigenvalue weighted by Crippen LogP contribution is 2.30. The molecule has 2 aliphatic rings. The molecule has 1 fully saturated rings. The quantitative estimate of drug-likeness (QED) is 0.647. The molecule has 3 rings (SSSR count). The van der Waals surface area contributed by atoms with Gasteiger partial charge in [-0.2, -0.15) is 0 Å². The Morgan fingerprint density at radius 3 is 2.50 bits per heavy atom. The molecule has 28 heavy (non-hydrogen) atoms. The normalized spacial score (nSPS) is 23.8. The summed E-state index contributed by atoms with van der Waals surface area (Å²) in [5.41, 5.74) is 1.95. The predicted molar refractivity (Wildman–Crippen MR) is 108 cm³/mol. The van der Waals surface area contributed by atoms with E-state index in [0.29, 0.717) is 41.0 Å². The summed E-state index contributed by atoms with van der Waals surface area (Å²) in [5, 5.41) is 0.632. The van der Waals surface area contributed by atoms with Gasteiger partial charge >= 0.3 is 11.9 Å². The lowest BCUT2D eigenvalue weighted by Gasteiger charge is -2.23. The van der Waals surface area contributed by atoms with Crippen LogP contribution < -0.4 is 0 Å².